The predicted octanol–water partition coefficient (Wildman–Crippen LogP) is 2.54. The molecule has 0 saturated heterocycles. The first-order valence-electron chi connectivity index (χ1n) is 5.33. The van der Waals surface area contributed by atoms with E-state index in [0.29, 0.717) is 34.5 Å². The summed E-state index contributed by atoms with van der Waals surface area (Å²) in [6.07, 6.45) is 1.42. The second kappa shape index (κ2) is 5.46. The maximum Gasteiger partial charge on any atom is 0.332 e. The van der Waals surface area contributed by atoms with Crippen molar-refractivity contribution in [1.29, 1.82) is 0 Å². The maximum atomic E-state index is 10.7. The highest BCUT2D eigenvalue weighted by molar-refractivity contribution is 6.43. The predicted molar refractivity (Wildman–Crippen MR) is 70.4 cm³/mol. The smallest absolute Gasteiger partial charge is 0.332 e. The van der Waals surface area contributed by atoms with Gasteiger partial charge < -0.3 is 10.5 Å². The molecule has 1 aliphatic rings. The summed E-state index contributed by atoms with van der Waals surface area (Å²) in [7, 11) is 0. The van der Waals surface area contributed by atoms with Crippen molar-refractivity contribution in [3.05, 3.63) is 27.7 Å². The summed E-state index contributed by atoms with van der Waals surface area (Å²) in [4.78, 5) is 10.7. The minimum Gasteiger partial charge on any atom is -0.491 e. The quantitative estimate of drug-likeness (QED) is 0.779. The number of primary amides is 1. The van der Waals surface area contributed by atoms with E-state index in [2.05, 4.69) is 10.5 Å². The van der Waals surface area contributed by atoms with Gasteiger partial charge in [0.25, 0.3) is 0 Å². The van der Waals surface area contributed by atoms with Gasteiger partial charge in [-0.3, -0.25) is 0 Å². The van der Waals surface area contributed by atoms with Crippen LogP contribution in [0.25, 0.3) is 0 Å². The number of nitrogens with one attached hydrogen (secondary N) is 1. The van der Waals surface area contributed by atoms with E-state index in [-0.39, 0.29) is 0 Å². The molecule has 2 rings (SSSR count). The van der Waals surface area contributed by atoms with Gasteiger partial charge in [0.05, 0.1) is 17.3 Å². The number of urea groups is 1. The minimum atomic E-state index is -0.714. The van der Waals surface area contributed by atoms with Crippen LogP contribution in [0.3, 0.4) is 0 Å². The molecule has 1 heterocycles. The molecular formula is C11H11Cl2N3O2. The second-order valence-electron chi connectivity index (χ2n) is 3.72. The zero-order valence-corrected chi connectivity index (χ0v) is 10.9. The Kier molecular flexibility index (Phi) is 3.93. The summed E-state index contributed by atoms with van der Waals surface area (Å²) < 4.78 is 5.56. The number of benzene rings is 1. The Hall–Kier alpha value is -1.46. The van der Waals surface area contributed by atoms with Crippen molar-refractivity contribution in [1.82, 2.24) is 5.43 Å². The molecule has 0 aliphatic carbocycles. The molecule has 1 aromatic carbocycles. The fourth-order valence-corrected chi connectivity index (χ4v) is 2.06. The van der Waals surface area contributed by atoms with E-state index in [1.807, 2.05) is 0 Å². The van der Waals surface area contributed by atoms with Crippen LogP contribution in [0.4, 0.5) is 4.79 Å². The van der Waals surface area contributed by atoms with Gasteiger partial charge in [-0.2, -0.15) is 5.10 Å². The van der Waals surface area contributed by atoms with Crippen LogP contribution in [0.15, 0.2) is 17.2 Å². The number of nitrogens with zero attached hydrogens (tertiary/aromatic N) is 1. The summed E-state index contributed by atoms with van der Waals surface area (Å²) in [5, 5.41) is 4.73. The van der Waals surface area contributed by atoms with Crippen molar-refractivity contribution >= 4 is 34.9 Å². The molecule has 0 saturated carbocycles. The van der Waals surface area contributed by atoms with Crippen LogP contribution in [-0.4, -0.2) is 18.3 Å². The molecule has 2 amide bonds. The lowest BCUT2D eigenvalue weighted by atomic mass is 10.1. The Morgan fingerprint density at radius 3 is 2.94 bits per heavy atom. The van der Waals surface area contributed by atoms with E-state index in [1.165, 1.54) is 0 Å². The molecule has 0 bridgehead atoms. The number of hydrogen-bond donors (Lipinski definition) is 2. The van der Waals surface area contributed by atoms with Crippen LogP contribution in [0.2, 0.25) is 10.0 Å². The van der Waals surface area contributed by atoms with E-state index in [9.17, 15) is 4.79 Å². The lowest BCUT2D eigenvalue weighted by Gasteiger charge is -2.10. The maximum absolute atomic E-state index is 10.7. The molecule has 0 unspecified atom stereocenters. The molecule has 0 spiro atoms. The molecule has 0 aromatic heterocycles. The number of ether oxygens (including phenoxy) is 1. The molecule has 0 atom stereocenters. The summed E-state index contributed by atoms with van der Waals surface area (Å²) in [5.41, 5.74) is 8.59. The number of fused-ring (bicyclic) bond motifs is 1. The van der Waals surface area contributed by atoms with Crippen LogP contribution >= 0.6 is 23.2 Å². The number of amides is 2. The second-order valence-corrected chi connectivity index (χ2v) is 4.51. The molecule has 96 valence electrons. The average molecular weight is 288 g/mol. The first-order chi connectivity index (χ1) is 8.59. The molecule has 7 heteroatoms. The number of halogens is 2. The Morgan fingerprint density at radius 2 is 2.22 bits per heavy atom. The Bertz CT molecular complexity index is 517. The molecule has 18 heavy (non-hydrogen) atoms. The molecular weight excluding hydrogens is 277 g/mol. The van der Waals surface area contributed by atoms with E-state index >= 15 is 0 Å². The van der Waals surface area contributed by atoms with Crippen molar-refractivity contribution in [3.8, 4) is 5.75 Å². The lowest BCUT2D eigenvalue weighted by Crippen LogP contribution is -2.26. The fraction of sp³-hybridized carbons (Fsp3) is 0.273. The highest BCUT2D eigenvalue weighted by Gasteiger charge is 2.19. The Balaban J connectivity index is 2.45. The van der Waals surface area contributed by atoms with Gasteiger partial charge in [-0.15, -0.1) is 0 Å². The summed E-state index contributed by atoms with van der Waals surface area (Å²) >= 11 is 12.0. The van der Waals surface area contributed by atoms with Crippen molar-refractivity contribution in [2.75, 3.05) is 6.61 Å². The van der Waals surface area contributed by atoms with Crippen molar-refractivity contribution in [2.45, 2.75) is 12.8 Å². The first-order valence-corrected chi connectivity index (χ1v) is 6.08. The number of carbonyl (C=O) groups is 1. The highest BCUT2D eigenvalue weighted by atomic mass is 35.5. The summed E-state index contributed by atoms with van der Waals surface area (Å²) in [5.74, 6) is 0.492. The molecule has 1 aromatic rings. The molecule has 0 radical (unpaired) electrons. The number of hydrogen-bond acceptors (Lipinski definition) is 3. The largest absolute Gasteiger partial charge is 0.491 e. The van der Waals surface area contributed by atoms with Gasteiger partial charge in [0.2, 0.25) is 0 Å². The van der Waals surface area contributed by atoms with Crippen LogP contribution in [0.5, 0.6) is 5.75 Å². The lowest BCUT2D eigenvalue weighted by molar-refractivity contribution is 0.249. The van der Waals surface area contributed by atoms with Gasteiger partial charge in [0.15, 0.2) is 0 Å². The highest BCUT2D eigenvalue weighted by Crippen LogP contribution is 2.37. The third-order valence-corrected chi connectivity index (χ3v) is 3.25. The van der Waals surface area contributed by atoms with Crippen LogP contribution in [0.1, 0.15) is 18.4 Å². The van der Waals surface area contributed by atoms with E-state index in [0.717, 1.165) is 12.0 Å². The van der Waals surface area contributed by atoms with Gasteiger partial charge >= 0.3 is 6.03 Å². The van der Waals surface area contributed by atoms with Crippen molar-refractivity contribution in [3.63, 3.8) is 0 Å². The van der Waals surface area contributed by atoms with Crippen LogP contribution < -0.4 is 15.9 Å². The van der Waals surface area contributed by atoms with Gasteiger partial charge in [-0.25, -0.2) is 10.2 Å². The normalized spacial score (nSPS) is 16.7. The number of nitrogens with two attached hydrogens (primary N) is 1. The van der Waals surface area contributed by atoms with Gasteiger partial charge in [0, 0.05) is 5.56 Å². The van der Waals surface area contributed by atoms with Crippen molar-refractivity contribution < 1.29 is 9.53 Å². The summed E-state index contributed by atoms with van der Waals surface area (Å²) in [6, 6.07) is 2.71. The number of carbonyl (C=O) groups excluding carboxylic acids is 1. The topological polar surface area (TPSA) is 76.7 Å². The average Bonchev–Trinajstić information content (AvgIpc) is 2.54. The monoisotopic (exact) mass is 287 g/mol. The number of rotatable bonds is 1. The van der Waals surface area contributed by atoms with Gasteiger partial charge in [-0.05, 0) is 25.0 Å². The van der Waals surface area contributed by atoms with Crippen molar-refractivity contribution in [2.24, 2.45) is 10.8 Å². The van der Waals surface area contributed by atoms with E-state index in [1.54, 1.807) is 12.1 Å². The van der Waals surface area contributed by atoms with Gasteiger partial charge in [-0.1, -0.05) is 23.2 Å². The molecule has 3 N–H and O–H groups in total. The minimum absolute atomic E-state index is 0.350. The summed E-state index contributed by atoms with van der Waals surface area (Å²) in [6.45, 7) is 0.517. The molecule has 0 fully saturated rings. The van der Waals surface area contributed by atoms with E-state index in [4.69, 9.17) is 33.7 Å². The third kappa shape index (κ3) is 2.68. The van der Waals surface area contributed by atoms with Gasteiger partial charge in [0.1, 0.15) is 10.8 Å². The molecule has 1 aliphatic heterocycles. The van der Waals surface area contributed by atoms with E-state index < -0.39 is 6.03 Å². The third-order valence-electron chi connectivity index (χ3n) is 2.47. The Labute approximate surface area is 114 Å². The fourth-order valence-electron chi connectivity index (χ4n) is 1.69. The molecule has 5 nitrogen and oxygen atoms in total. The first kappa shape index (κ1) is 13.0. The zero-order chi connectivity index (χ0) is 13.1. The standard InChI is InChI=1S/C11H11Cl2N3O2/c12-7-4-3-6-8(15-16-11(14)17)2-1-5-18-10(6)9(7)13/h3-4H,1-2,5H2,(H3,14,16,17)/b15-8-. The van der Waals surface area contributed by atoms with Crippen LogP contribution in [0, 0.1) is 0 Å². The zero-order valence-electron chi connectivity index (χ0n) is 9.37. The number of hydrazone groups is 1. The van der Waals surface area contributed by atoms with Crippen LogP contribution in [-0.2, 0) is 0 Å². The Morgan fingerprint density at radius 1 is 1.44 bits per heavy atom. The SMILES string of the molecule is NC(=O)N/N=C1/CCCOc2c1ccc(Cl)c2Cl.